The number of carbonyl (C=O) groups excluding carboxylic acids is 1. The highest BCUT2D eigenvalue weighted by atomic mass is 35.5. The molecule has 5 heteroatoms. The number of urea groups is 1. The molecular formula is C12H15ClN2OSi. The molecule has 0 saturated heterocycles. The molecule has 0 aromatic heterocycles. The average molecular weight is 267 g/mol. The van der Waals surface area contributed by atoms with Gasteiger partial charge < -0.3 is 11.1 Å². The van der Waals surface area contributed by atoms with Gasteiger partial charge in [0.25, 0.3) is 0 Å². The Morgan fingerprint density at radius 3 is 2.59 bits per heavy atom. The number of rotatable bonds is 1. The van der Waals surface area contributed by atoms with Crippen LogP contribution in [-0.4, -0.2) is 14.1 Å². The molecule has 17 heavy (non-hydrogen) atoms. The summed E-state index contributed by atoms with van der Waals surface area (Å²) in [5, 5.41) is 3.11. The van der Waals surface area contributed by atoms with Crippen molar-refractivity contribution in [2.45, 2.75) is 19.6 Å². The van der Waals surface area contributed by atoms with E-state index in [1.165, 1.54) is 0 Å². The molecule has 3 N–H and O–H groups in total. The molecule has 1 aromatic carbocycles. The SMILES string of the molecule is C[Si](C)(C)C#Cc1cc(Cl)ccc1NC(N)=O. The molecule has 0 bridgehead atoms. The molecule has 1 rings (SSSR count). The zero-order chi connectivity index (χ0) is 13.1. The predicted molar refractivity (Wildman–Crippen MR) is 74.9 cm³/mol. The van der Waals surface area contributed by atoms with Gasteiger partial charge >= 0.3 is 6.03 Å². The Morgan fingerprint density at radius 2 is 2.06 bits per heavy atom. The summed E-state index contributed by atoms with van der Waals surface area (Å²) >= 11 is 5.90. The number of benzene rings is 1. The lowest BCUT2D eigenvalue weighted by Gasteiger charge is -2.07. The largest absolute Gasteiger partial charge is 0.351 e. The fraction of sp³-hybridized carbons (Fsp3) is 0.250. The minimum Gasteiger partial charge on any atom is -0.351 e. The van der Waals surface area contributed by atoms with Gasteiger partial charge in [-0.05, 0) is 18.2 Å². The molecule has 2 amide bonds. The highest BCUT2D eigenvalue weighted by Crippen LogP contribution is 2.19. The summed E-state index contributed by atoms with van der Waals surface area (Å²) in [5.74, 6) is 3.06. The Morgan fingerprint density at radius 1 is 1.41 bits per heavy atom. The second-order valence-electron chi connectivity index (χ2n) is 4.68. The zero-order valence-electron chi connectivity index (χ0n) is 10.1. The Bertz CT molecular complexity index is 497. The fourth-order valence-corrected chi connectivity index (χ4v) is 1.80. The van der Waals surface area contributed by atoms with Crippen LogP contribution in [0.5, 0.6) is 0 Å². The van der Waals surface area contributed by atoms with E-state index >= 15 is 0 Å². The minimum absolute atomic E-state index is 0.583. The van der Waals surface area contributed by atoms with Gasteiger partial charge in [0, 0.05) is 10.6 Å². The van der Waals surface area contributed by atoms with Crippen LogP contribution in [0, 0.1) is 11.5 Å². The summed E-state index contributed by atoms with van der Waals surface area (Å²) in [6.45, 7) is 6.43. The number of nitrogens with two attached hydrogens (primary N) is 1. The minimum atomic E-state index is -1.47. The molecule has 0 aliphatic carbocycles. The summed E-state index contributed by atoms with van der Waals surface area (Å²) in [6.07, 6.45) is 0. The summed E-state index contributed by atoms with van der Waals surface area (Å²) in [6, 6.07) is 4.50. The van der Waals surface area contributed by atoms with E-state index in [1.807, 2.05) is 0 Å². The quantitative estimate of drug-likeness (QED) is 0.596. The van der Waals surface area contributed by atoms with E-state index in [1.54, 1.807) is 18.2 Å². The van der Waals surface area contributed by atoms with Crippen LogP contribution in [0.1, 0.15) is 5.56 Å². The second kappa shape index (κ2) is 5.26. The van der Waals surface area contributed by atoms with Gasteiger partial charge in [-0.2, -0.15) is 0 Å². The van der Waals surface area contributed by atoms with Gasteiger partial charge in [0.15, 0.2) is 0 Å². The van der Waals surface area contributed by atoms with E-state index in [-0.39, 0.29) is 0 Å². The molecule has 0 unspecified atom stereocenters. The maximum atomic E-state index is 10.8. The van der Waals surface area contributed by atoms with Crippen molar-refractivity contribution < 1.29 is 4.79 Å². The van der Waals surface area contributed by atoms with Gasteiger partial charge in [-0.25, -0.2) is 4.79 Å². The van der Waals surface area contributed by atoms with Gasteiger partial charge in [-0.3, -0.25) is 0 Å². The van der Waals surface area contributed by atoms with E-state index in [0.717, 1.165) is 0 Å². The Labute approximate surface area is 107 Å². The third-order valence-corrected chi connectivity index (χ3v) is 2.92. The molecule has 0 fully saturated rings. The number of primary amides is 1. The molecule has 90 valence electrons. The normalized spacial score (nSPS) is 10.4. The van der Waals surface area contributed by atoms with Crippen molar-refractivity contribution in [3.63, 3.8) is 0 Å². The number of halogens is 1. The third kappa shape index (κ3) is 4.94. The van der Waals surface area contributed by atoms with Crippen molar-refractivity contribution in [1.82, 2.24) is 0 Å². The van der Waals surface area contributed by atoms with Gasteiger partial charge in [-0.1, -0.05) is 37.2 Å². The van der Waals surface area contributed by atoms with Crippen LogP contribution in [-0.2, 0) is 0 Å². The number of nitrogens with one attached hydrogen (secondary N) is 1. The molecule has 3 nitrogen and oxygen atoms in total. The van der Waals surface area contributed by atoms with Crippen LogP contribution in [0.2, 0.25) is 24.7 Å². The molecule has 0 aliphatic rings. The van der Waals surface area contributed by atoms with E-state index in [4.69, 9.17) is 17.3 Å². The zero-order valence-corrected chi connectivity index (χ0v) is 11.9. The lowest BCUT2D eigenvalue weighted by Crippen LogP contribution is -2.20. The topological polar surface area (TPSA) is 55.1 Å². The molecule has 0 atom stereocenters. The molecule has 0 saturated carbocycles. The monoisotopic (exact) mass is 266 g/mol. The first-order valence-corrected chi connectivity index (χ1v) is 9.05. The highest BCUT2D eigenvalue weighted by molar-refractivity contribution is 6.83. The average Bonchev–Trinajstić information content (AvgIpc) is 2.16. The summed E-state index contributed by atoms with van der Waals surface area (Å²) in [4.78, 5) is 10.8. The smallest absolute Gasteiger partial charge is 0.316 e. The van der Waals surface area contributed by atoms with Crippen LogP contribution in [0.4, 0.5) is 10.5 Å². The number of amides is 2. The van der Waals surface area contributed by atoms with E-state index in [9.17, 15) is 4.79 Å². The molecule has 0 spiro atoms. The van der Waals surface area contributed by atoms with Crippen LogP contribution >= 0.6 is 11.6 Å². The molecule has 1 aromatic rings. The van der Waals surface area contributed by atoms with Gasteiger partial charge in [0.2, 0.25) is 0 Å². The Hall–Kier alpha value is -1.44. The predicted octanol–water partition coefficient (Wildman–Crippen LogP) is 3.06. The lowest BCUT2D eigenvalue weighted by atomic mass is 10.2. The van der Waals surface area contributed by atoms with Crippen LogP contribution in [0.25, 0.3) is 0 Å². The van der Waals surface area contributed by atoms with Crippen LogP contribution in [0.3, 0.4) is 0 Å². The van der Waals surface area contributed by atoms with E-state index in [2.05, 4.69) is 36.4 Å². The fourth-order valence-electron chi connectivity index (χ4n) is 1.12. The first-order chi connectivity index (χ1) is 7.78. The van der Waals surface area contributed by atoms with Crippen molar-refractivity contribution >= 4 is 31.4 Å². The Balaban J connectivity index is 3.14. The van der Waals surface area contributed by atoms with E-state index < -0.39 is 14.1 Å². The Kier molecular flexibility index (Phi) is 4.21. The van der Waals surface area contributed by atoms with Crippen LogP contribution < -0.4 is 11.1 Å². The summed E-state index contributed by atoms with van der Waals surface area (Å²) < 4.78 is 0. The highest BCUT2D eigenvalue weighted by Gasteiger charge is 2.09. The molecule has 0 heterocycles. The van der Waals surface area contributed by atoms with Gasteiger partial charge in [0.1, 0.15) is 8.07 Å². The van der Waals surface area contributed by atoms with Crippen LogP contribution in [0.15, 0.2) is 18.2 Å². The van der Waals surface area contributed by atoms with Crippen molar-refractivity contribution in [1.29, 1.82) is 0 Å². The summed E-state index contributed by atoms with van der Waals surface area (Å²) in [5.41, 5.74) is 9.59. The van der Waals surface area contributed by atoms with Gasteiger partial charge in [-0.15, -0.1) is 5.54 Å². The molecular weight excluding hydrogens is 252 g/mol. The van der Waals surface area contributed by atoms with Crippen molar-refractivity contribution in [2.75, 3.05) is 5.32 Å². The maximum Gasteiger partial charge on any atom is 0.316 e. The molecule has 0 aliphatic heterocycles. The number of carbonyl (C=O) groups is 1. The number of anilines is 1. The first-order valence-electron chi connectivity index (χ1n) is 5.17. The number of hydrogen-bond acceptors (Lipinski definition) is 1. The standard InChI is InChI=1S/C12H15ClN2OSi/c1-17(2,3)7-6-9-8-10(13)4-5-11(9)15-12(14)16/h4-5,8H,1-3H3,(H3,14,15,16). The van der Waals surface area contributed by atoms with Crippen molar-refractivity contribution in [2.24, 2.45) is 5.73 Å². The first kappa shape index (κ1) is 13.6. The van der Waals surface area contributed by atoms with E-state index in [0.29, 0.717) is 16.3 Å². The molecule has 0 radical (unpaired) electrons. The van der Waals surface area contributed by atoms with Gasteiger partial charge in [0.05, 0.1) is 5.69 Å². The number of hydrogen-bond donors (Lipinski definition) is 2. The van der Waals surface area contributed by atoms with Crippen molar-refractivity contribution in [3.8, 4) is 11.5 Å². The third-order valence-electron chi connectivity index (χ3n) is 1.81. The second-order valence-corrected chi connectivity index (χ2v) is 9.87. The lowest BCUT2D eigenvalue weighted by molar-refractivity contribution is 0.259. The maximum absolute atomic E-state index is 10.8. The summed E-state index contributed by atoms with van der Waals surface area (Å²) in [7, 11) is -1.47. The van der Waals surface area contributed by atoms with Crippen molar-refractivity contribution in [3.05, 3.63) is 28.8 Å².